The van der Waals surface area contributed by atoms with Gasteiger partial charge in [0.2, 0.25) is 5.91 Å². The minimum Gasteiger partial charge on any atom is -0.355 e. The molecule has 0 aliphatic carbocycles. The Kier molecular flexibility index (Phi) is 5.12. The van der Waals surface area contributed by atoms with Crippen molar-refractivity contribution in [2.75, 3.05) is 20.1 Å². The molecule has 0 radical (unpaired) electrons. The molecule has 1 aliphatic heterocycles. The fraction of sp³-hybridized carbons (Fsp3) is 0.467. The largest absolute Gasteiger partial charge is 0.355 e. The second-order valence-corrected chi connectivity index (χ2v) is 5.04. The SMILES string of the molecule is CNC(=O)c1ccc(CNC(=O)[C@@H]2CCCNC2)cc1. The lowest BCUT2D eigenvalue weighted by atomic mass is 9.99. The average Bonchev–Trinajstić information content (AvgIpc) is 2.53. The molecule has 1 aliphatic rings. The van der Waals surface area contributed by atoms with E-state index in [1.807, 2.05) is 12.1 Å². The summed E-state index contributed by atoms with van der Waals surface area (Å²) in [7, 11) is 1.61. The van der Waals surface area contributed by atoms with Crippen molar-refractivity contribution in [2.45, 2.75) is 19.4 Å². The predicted octanol–water partition coefficient (Wildman–Crippen LogP) is 0.662. The quantitative estimate of drug-likeness (QED) is 0.756. The standard InChI is InChI=1S/C15H21N3O2/c1-16-14(19)12-6-4-11(5-7-12)9-18-15(20)13-3-2-8-17-10-13/h4-7,13,17H,2-3,8-10H2,1H3,(H,16,19)(H,18,20)/t13-/m1/s1. The van der Waals surface area contributed by atoms with Crippen LogP contribution >= 0.6 is 0 Å². The smallest absolute Gasteiger partial charge is 0.251 e. The summed E-state index contributed by atoms with van der Waals surface area (Å²) in [6.45, 7) is 2.27. The summed E-state index contributed by atoms with van der Waals surface area (Å²) in [6, 6.07) is 7.26. The molecular formula is C15H21N3O2. The Morgan fingerprint density at radius 2 is 2.05 bits per heavy atom. The van der Waals surface area contributed by atoms with Gasteiger partial charge in [0, 0.05) is 25.7 Å². The van der Waals surface area contributed by atoms with E-state index in [4.69, 9.17) is 0 Å². The minimum atomic E-state index is -0.103. The Bertz CT molecular complexity index is 465. The molecule has 0 unspecified atom stereocenters. The van der Waals surface area contributed by atoms with Gasteiger partial charge in [-0.3, -0.25) is 9.59 Å². The molecule has 1 aromatic carbocycles. The van der Waals surface area contributed by atoms with Crippen LogP contribution in [0.5, 0.6) is 0 Å². The molecule has 108 valence electrons. The third-order valence-electron chi connectivity index (χ3n) is 3.58. The fourth-order valence-electron chi connectivity index (χ4n) is 2.33. The zero-order valence-electron chi connectivity index (χ0n) is 11.7. The van der Waals surface area contributed by atoms with E-state index in [2.05, 4.69) is 16.0 Å². The Hall–Kier alpha value is -1.88. The normalized spacial score (nSPS) is 18.4. The van der Waals surface area contributed by atoms with E-state index in [0.717, 1.165) is 31.5 Å². The summed E-state index contributed by atoms with van der Waals surface area (Å²) in [6.07, 6.45) is 2.01. The van der Waals surface area contributed by atoms with E-state index in [9.17, 15) is 9.59 Å². The van der Waals surface area contributed by atoms with Gasteiger partial charge in [-0.1, -0.05) is 12.1 Å². The molecule has 0 saturated carbocycles. The van der Waals surface area contributed by atoms with Crippen molar-refractivity contribution in [3.05, 3.63) is 35.4 Å². The number of hydrogen-bond donors (Lipinski definition) is 3. The van der Waals surface area contributed by atoms with Gasteiger partial charge in [0.05, 0.1) is 5.92 Å². The van der Waals surface area contributed by atoms with Crippen LogP contribution in [0.4, 0.5) is 0 Å². The highest BCUT2D eigenvalue weighted by Crippen LogP contribution is 2.10. The molecule has 0 spiro atoms. The van der Waals surface area contributed by atoms with E-state index in [0.29, 0.717) is 12.1 Å². The average molecular weight is 275 g/mol. The van der Waals surface area contributed by atoms with E-state index in [1.54, 1.807) is 19.2 Å². The highest BCUT2D eigenvalue weighted by Gasteiger charge is 2.20. The molecule has 2 rings (SSSR count). The van der Waals surface area contributed by atoms with Gasteiger partial charge in [-0.2, -0.15) is 0 Å². The highest BCUT2D eigenvalue weighted by molar-refractivity contribution is 5.93. The van der Waals surface area contributed by atoms with Gasteiger partial charge in [0.15, 0.2) is 0 Å². The van der Waals surface area contributed by atoms with E-state index >= 15 is 0 Å². The van der Waals surface area contributed by atoms with Crippen LogP contribution in [0.15, 0.2) is 24.3 Å². The van der Waals surface area contributed by atoms with Gasteiger partial charge in [-0.25, -0.2) is 0 Å². The zero-order valence-corrected chi connectivity index (χ0v) is 11.7. The van der Waals surface area contributed by atoms with Gasteiger partial charge >= 0.3 is 0 Å². The van der Waals surface area contributed by atoms with Crippen LogP contribution in [-0.4, -0.2) is 32.0 Å². The first-order valence-corrected chi connectivity index (χ1v) is 7.00. The van der Waals surface area contributed by atoms with Crippen molar-refractivity contribution in [3.63, 3.8) is 0 Å². The molecule has 5 heteroatoms. The number of nitrogens with one attached hydrogen (secondary N) is 3. The summed E-state index contributed by atoms with van der Waals surface area (Å²) < 4.78 is 0. The minimum absolute atomic E-state index is 0.0777. The van der Waals surface area contributed by atoms with Crippen molar-refractivity contribution in [1.29, 1.82) is 0 Å². The van der Waals surface area contributed by atoms with Gasteiger partial charge in [0.25, 0.3) is 5.91 Å². The molecule has 3 N–H and O–H groups in total. The van der Waals surface area contributed by atoms with Crippen molar-refractivity contribution in [2.24, 2.45) is 5.92 Å². The van der Waals surface area contributed by atoms with Crippen molar-refractivity contribution in [3.8, 4) is 0 Å². The highest BCUT2D eigenvalue weighted by atomic mass is 16.2. The molecule has 0 bridgehead atoms. The summed E-state index contributed by atoms with van der Waals surface area (Å²) >= 11 is 0. The van der Waals surface area contributed by atoms with Crippen molar-refractivity contribution >= 4 is 11.8 Å². The summed E-state index contributed by atoms with van der Waals surface area (Å²) in [4.78, 5) is 23.4. The second-order valence-electron chi connectivity index (χ2n) is 5.04. The molecule has 2 amide bonds. The monoisotopic (exact) mass is 275 g/mol. The van der Waals surface area contributed by atoms with Crippen molar-refractivity contribution in [1.82, 2.24) is 16.0 Å². The number of rotatable bonds is 4. The number of carbonyl (C=O) groups is 2. The molecule has 20 heavy (non-hydrogen) atoms. The summed E-state index contributed by atoms with van der Waals surface area (Å²) in [5, 5.41) is 8.77. The van der Waals surface area contributed by atoms with Crippen LogP contribution in [0.3, 0.4) is 0 Å². The third kappa shape index (κ3) is 3.81. The Morgan fingerprint density at radius 3 is 2.65 bits per heavy atom. The first-order valence-electron chi connectivity index (χ1n) is 7.00. The van der Waals surface area contributed by atoms with E-state index in [-0.39, 0.29) is 17.7 Å². The van der Waals surface area contributed by atoms with Gasteiger partial charge in [-0.05, 0) is 37.1 Å². The number of piperidine rings is 1. The van der Waals surface area contributed by atoms with Gasteiger partial charge in [0.1, 0.15) is 0 Å². The van der Waals surface area contributed by atoms with Crippen LogP contribution in [0.2, 0.25) is 0 Å². The molecule has 5 nitrogen and oxygen atoms in total. The maximum Gasteiger partial charge on any atom is 0.251 e. The molecule has 0 aromatic heterocycles. The maximum absolute atomic E-state index is 12.0. The Morgan fingerprint density at radius 1 is 1.30 bits per heavy atom. The first-order chi connectivity index (χ1) is 9.70. The Balaban J connectivity index is 1.84. The van der Waals surface area contributed by atoms with Crippen LogP contribution in [0.25, 0.3) is 0 Å². The van der Waals surface area contributed by atoms with Crippen molar-refractivity contribution < 1.29 is 9.59 Å². The number of carbonyl (C=O) groups excluding carboxylic acids is 2. The van der Waals surface area contributed by atoms with Crippen LogP contribution in [0, 0.1) is 5.92 Å². The summed E-state index contributed by atoms with van der Waals surface area (Å²) in [5.74, 6) is 0.0790. The molecule has 1 fully saturated rings. The van der Waals surface area contributed by atoms with E-state index in [1.165, 1.54) is 0 Å². The summed E-state index contributed by atoms with van der Waals surface area (Å²) in [5.41, 5.74) is 1.62. The topological polar surface area (TPSA) is 70.2 Å². The molecule has 1 atom stereocenters. The molecule has 1 heterocycles. The van der Waals surface area contributed by atoms with Crippen LogP contribution in [0.1, 0.15) is 28.8 Å². The Labute approximate surface area is 119 Å². The number of hydrogen-bond acceptors (Lipinski definition) is 3. The first kappa shape index (κ1) is 14.5. The molecule has 1 saturated heterocycles. The third-order valence-corrected chi connectivity index (χ3v) is 3.58. The molecule has 1 aromatic rings. The number of amides is 2. The lowest BCUT2D eigenvalue weighted by molar-refractivity contribution is -0.125. The molecular weight excluding hydrogens is 254 g/mol. The van der Waals surface area contributed by atoms with E-state index < -0.39 is 0 Å². The van der Waals surface area contributed by atoms with Crippen LogP contribution in [-0.2, 0) is 11.3 Å². The lowest BCUT2D eigenvalue weighted by Gasteiger charge is -2.21. The lowest BCUT2D eigenvalue weighted by Crippen LogP contribution is -2.40. The van der Waals surface area contributed by atoms with Gasteiger partial charge < -0.3 is 16.0 Å². The predicted molar refractivity (Wildman–Crippen MR) is 77.3 cm³/mol. The fourth-order valence-corrected chi connectivity index (χ4v) is 2.33. The number of benzene rings is 1. The van der Waals surface area contributed by atoms with Crippen LogP contribution < -0.4 is 16.0 Å². The zero-order chi connectivity index (χ0) is 14.4. The second kappa shape index (κ2) is 7.05. The van der Waals surface area contributed by atoms with Gasteiger partial charge in [-0.15, -0.1) is 0 Å². The maximum atomic E-state index is 12.0.